The second-order valence-electron chi connectivity index (χ2n) is 9.14. The molecule has 1 saturated heterocycles. The second-order valence-corrected chi connectivity index (χ2v) is 9.14. The molecular weight excluding hydrogens is 292 g/mol. The molecule has 0 aromatic rings. The van der Waals surface area contributed by atoms with E-state index in [0.29, 0.717) is 25.8 Å². The summed E-state index contributed by atoms with van der Waals surface area (Å²) < 4.78 is 0. The van der Waals surface area contributed by atoms with Gasteiger partial charge in [0.2, 0.25) is 11.8 Å². The van der Waals surface area contributed by atoms with E-state index in [4.69, 9.17) is 0 Å². The van der Waals surface area contributed by atoms with Gasteiger partial charge in [0.25, 0.3) is 0 Å². The summed E-state index contributed by atoms with van der Waals surface area (Å²) in [7, 11) is 0. The minimum absolute atomic E-state index is 0.0259. The van der Waals surface area contributed by atoms with Gasteiger partial charge in [-0.2, -0.15) is 0 Å². The molecule has 0 aromatic heterocycles. The van der Waals surface area contributed by atoms with Gasteiger partial charge in [0.15, 0.2) is 0 Å². The van der Waals surface area contributed by atoms with Crippen molar-refractivity contribution >= 4 is 11.8 Å². The molecule has 0 aliphatic carbocycles. The van der Waals surface area contributed by atoms with Crippen LogP contribution in [0.1, 0.15) is 67.2 Å². The highest BCUT2D eigenvalue weighted by Crippen LogP contribution is 2.25. The first-order valence-corrected chi connectivity index (χ1v) is 8.64. The number of hydrogen-bond donors (Lipinski definition) is 2. The molecule has 1 rings (SSSR count). The Labute approximate surface area is 140 Å². The van der Waals surface area contributed by atoms with Crippen LogP contribution in [0.5, 0.6) is 0 Å². The van der Waals surface area contributed by atoms with Crippen molar-refractivity contribution in [2.24, 2.45) is 10.8 Å². The van der Waals surface area contributed by atoms with Gasteiger partial charge in [0.05, 0.1) is 12.6 Å². The third kappa shape index (κ3) is 6.90. The Balaban J connectivity index is 2.68. The van der Waals surface area contributed by atoms with Crippen LogP contribution in [0.4, 0.5) is 0 Å². The van der Waals surface area contributed by atoms with Gasteiger partial charge in [-0.3, -0.25) is 9.59 Å². The van der Waals surface area contributed by atoms with Gasteiger partial charge in [0.1, 0.15) is 6.04 Å². The Morgan fingerprint density at radius 3 is 2.26 bits per heavy atom. The van der Waals surface area contributed by atoms with Crippen LogP contribution in [0.2, 0.25) is 0 Å². The zero-order valence-corrected chi connectivity index (χ0v) is 15.6. The normalized spacial score (nSPS) is 20.5. The molecule has 2 amide bonds. The summed E-state index contributed by atoms with van der Waals surface area (Å²) in [5.74, 6) is -0.0837. The van der Waals surface area contributed by atoms with Crippen LogP contribution in [0.15, 0.2) is 0 Å². The number of nitrogens with zero attached hydrogens (tertiary/aromatic N) is 1. The van der Waals surface area contributed by atoms with Gasteiger partial charge < -0.3 is 15.3 Å². The molecule has 1 heterocycles. The maximum Gasteiger partial charge on any atom is 0.243 e. The van der Waals surface area contributed by atoms with E-state index in [2.05, 4.69) is 26.1 Å². The van der Waals surface area contributed by atoms with E-state index in [1.165, 1.54) is 0 Å². The van der Waals surface area contributed by atoms with Crippen molar-refractivity contribution in [2.75, 3.05) is 13.2 Å². The molecule has 23 heavy (non-hydrogen) atoms. The molecule has 5 heteroatoms. The molecule has 1 fully saturated rings. The van der Waals surface area contributed by atoms with Crippen LogP contribution in [0.3, 0.4) is 0 Å². The van der Waals surface area contributed by atoms with Gasteiger partial charge in [-0.25, -0.2) is 0 Å². The number of hydrogen-bond acceptors (Lipinski definition) is 3. The second kappa shape index (κ2) is 7.65. The average Bonchev–Trinajstić information content (AvgIpc) is 2.83. The van der Waals surface area contributed by atoms with Crippen molar-refractivity contribution in [1.29, 1.82) is 0 Å². The van der Waals surface area contributed by atoms with Gasteiger partial charge >= 0.3 is 0 Å². The van der Waals surface area contributed by atoms with Crippen LogP contribution >= 0.6 is 0 Å². The van der Waals surface area contributed by atoms with Crippen molar-refractivity contribution < 1.29 is 14.7 Å². The van der Waals surface area contributed by atoms with E-state index >= 15 is 0 Å². The largest absolute Gasteiger partial charge is 0.394 e. The molecule has 0 aromatic carbocycles. The molecule has 2 atom stereocenters. The summed E-state index contributed by atoms with van der Waals surface area (Å²) in [5.41, 5.74) is -0.0569. The third-order valence-corrected chi connectivity index (χ3v) is 3.98. The van der Waals surface area contributed by atoms with E-state index in [0.717, 1.165) is 6.42 Å². The zero-order chi connectivity index (χ0) is 17.8. The topological polar surface area (TPSA) is 69.6 Å². The number of aliphatic hydroxyl groups excluding tert-OH is 1. The van der Waals surface area contributed by atoms with Crippen LogP contribution in [0, 0.1) is 10.8 Å². The highest BCUT2D eigenvalue weighted by molar-refractivity contribution is 5.88. The summed E-state index contributed by atoms with van der Waals surface area (Å²) >= 11 is 0. The maximum atomic E-state index is 12.6. The van der Waals surface area contributed by atoms with Crippen molar-refractivity contribution in [3.63, 3.8) is 0 Å². The predicted octanol–water partition coefficient (Wildman–Crippen LogP) is 2.33. The van der Waals surface area contributed by atoms with Crippen molar-refractivity contribution in [3.05, 3.63) is 0 Å². The summed E-state index contributed by atoms with van der Waals surface area (Å²) in [6, 6.07) is -0.651. The number of likely N-dealkylation sites (tertiary alicyclic amines) is 1. The van der Waals surface area contributed by atoms with E-state index in [1.807, 2.05) is 20.8 Å². The molecule has 5 nitrogen and oxygen atoms in total. The van der Waals surface area contributed by atoms with Crippen LogP contribution in [0.25, 0.3) is 0 Å². The summed E-state index contributed by atoms with van der Waals surface area (Å²) in [6.45, 7) is 12.9. The number of carbonyl (C=O) groups excluding carboxylic acids is 2. The molecule has 0 bridgehead atoms. The lowest BCUT2D eigenvalue weighted by Gasteiger charge is -2.30. The average molecular weight is 326 g/mol. The number of nitrogens with one attached hydrogen (secondary N) is 1. The van der Waals surface area contributed by atoms with E-state index in [9.17, 15) is 14.7 Å². The monoisotopic (exact) mass is 326 g/mol. The van der Waals surface area contributed by atoms with E-state index in [-0.39, 0.29) is 41.3 Å². The molecule has 2 N–H and O–H groups in total. The first kappa shape index (κ1) is 19.9. The number of aliphatic hydroxyl groups is 1. The fraction of sp³-hybridized carbons (Fsp3) is 0.889. The quantitative estimate of drug-likeness (QED) is 0.814. The maximum absolute atomic E-state index is 12.6. The minimum Gasteiger partial charge on any atom is -0.394 e. The molecule has 0 radical (unpaired) electrons. The standard InChI is InChI=1S/C18H34N2O3/c1-17(2,3)10-13(12-21)19-16(23)14-8-7-9-20(14)15(22)11-18(4,5)6/h13-14,21H,7-12H2,1-6H3,(H,19,23). The molecule has 0 saturated carbocycles. The first-order chi connectivity index (χ1) is 10.4. The van der Waals surface area contributed by atoms with E-state index in [1.54, 1.807) is 4.90 Å². The van der Waals surface area contributed by atoms with Gasteiger partial charge in [-0.1, -0.05) is 41.5 Å². The summed E-state index contributed by atoms with van der Waals surface area (Å²) in [5, 5.41) is 12.4. The van der Waals surface area contributed by atoms with E-state index < -0.39 is 0 Å². The first-order valence-electron chi connectivity index (χ1n) is 8.64. The zero-order valence-electron chi connectivity index (χ0n) is 15.6. The van der Waals surface area contributed by atoms with Gasteiger partial charge in [0, 0.05) is 13.0 Å². The van der Waals surface area contributed by atoms with Crippen LogP contribution in [-0.2, 0) is 9.59 Å². The molecule has 1 aliphatic heterocycles. The lowest BCUT2D eigenvalue weighted by molar-refractivity contribution is -0.140. The molecule has 134 valence electrons. The highest BCUT2D eigenvalue weighted by Gasteiger charge is 2.36. The summed E-state index contributed by atoms with van der Waals surface area (Å²) in [4.78, 5) is 26.7. The third-order valence-electron chi connectivity index (χ3n) is 3.98. The molecule has 2 unspecified atom stereocenters. The van der Waals surface area contributed by atoms with Gasteiger partial charge in [-0.15, -0.1) is 0 Å². The molecule has 0 spiro atoms. The number of rotatable bonds is 5. The van der Waals surface area contributed by atoms with Crippen molar-refractivity contribution in [1.82, 2.24) is 10.2 Å². The highest BCUT2D eigenvalue weighted by atomic mass is 16.3. The fourth-order valence-electron chi connectivity index (χ4n) is 3.09. The SMILES string of the molecule is CC(C)(C)CC(=O)N1CCCC1C(=O)NC(CO)CC(C)(C)C. The van der Waals surface area contributed by atoms with Crippen LogP contribution < -0.4 is 5.32 Å². The van der Waals surface area contributed by atoms with Gasteiger partial charge in [-0.05, 0) is 30.1 Å². The lowest BCUT2D eigenvalue weighted by atomic mass is 9.88. The number of amides is 2. The van der Waals surface area contributed by atoms with Crippen molar-refractivity contribution in [3.8, 4) is 0 Å². The Hall–Kier alpha value is -1.10. The Bertz CT molecular complexity index is 421. The molecule has 1 aliphatic rings. The van der Waals surface area contributed by atoms with Crippen LogP contribution in [-0.4, -0.2) is 47.1 Å². The Morgan fingerprint density at radius 2 is 1.78 bits per heavy atom. The minimum atomic E-state index is -0.390. The predicted molar refractivity (Wildman–Crippen MR) is 91.9 cm³/mol. The Morgan fingerprint density at radius 1 is 1.17 bits per heavy atom. The number of carbonyl (C=O) groups is 2. The summed E-state index contributed by atoms with van der Waals surface area (Å²) in [6.07, 6.45) is 2.71. The van der Waals surface area contributed by atoms with Crippen molar-refractivity contribution in [2.45, 2.75) is 79.3 Å². The lowest BCUT2D eigenvalue weighted by Crippen LogP contribution is -2.50. The molecular formula is C18H34N2O3. The smallest absolute Gasteiger partial charge is 0.243 e. The Kier molecular flexibility index (Phi) is 6.63. The fourth-order valence-corrected chi connectivity index (χ4v) is 3.09.